The molecule has 182 valence electrons. The number of aromatic amines is 2. The summed E-state index contributed by atoms with van der Waals surface area (Å²) in [4.78, 5) is 35.3. The molecule has 1 saturated carbocycles. The highest BCUT2D eigenvalue weighted by molar-refractivity contribution is 7.19. The van der Waals surface area contributed by atoms with E-state index >= 15 is 0 Å². The molecule has 9 nitrogen and oxygen atoms in total. The van der Waals surface area contributed by atoms with Gasteiger partial charge >= 0.3 is 0 Å². The van der Waals surface area contributed by atoms with Crippen molar-refractivity contribution in [2.75, 3.05) is 5.32 Å². The van der Waals surface area contributed by atoms with Gasteiger partial charge in [-0.1, -0.05) is 18.0 Å². The summed E-state index contributed by atoms with van der Waals surface area (Å²) in [5, 5.41) is 10.5. The van der Waals surface area contributed by atoms with Gasteiger partial charge in [-0.2, -0.15) is 5.10 Å². The highest BCUT2D eigenvalue weighted by atomic mass is 35.5. The maximum absolute atomic E-state index is 12.4. The minimum Gasteiger partial charge on any atom is -0.336 e. The summed E-state index contributed by atoms with van der Waals surface area (Å²) < 4.78 is 0.695. The predicted octanol–water partition coefficient (Wildman–Crippen LogP) is 6.08. The molecule has 6 aromatic heterocycles. The van der Waals surface area contributed by atoms with Gasteiger partial charge in [-0.3, -0.25) is 19.9 Å². The third-order valence-electron chi connectivity index (χ3n) is 6.62. The van der Waals surface area contributed by atoms with E-state index in [0.29, 0.717) is 32.8 Å². The van der Waals surface area contributed by atoms with Crippen LogP contribution in [0.1, 0.15) is 19.3 Å². The number of pyridine rings is 3. The Morgan fingerprint density at radius 1 is 1.03 bits per heavy atom. The lowest BCUT2D eigenvalue weighted by Gasteiger charge is -2.24. The Balaban J connectivity index is 1.26. The second-order valence-corrected chi connectivity index (χ2v) is 10.7. The van der Waals surface area contributed by atoms with E-state index in [1.54, 1.807) is 18.6 Å². The number of carbonyl (C=O) groups is 1. The van der Waals surface area contributed by atoms with Gasteiger partial charge in [0, 0.05) is 23.9 Å². The summed E-state index contributed by atoms with van der Waals surface area (Å²) in [7, 11) is 0. The van der Waals surface area contributed by atoms with Crippen molar-refractivity contribution in [3.8, 4) is 33.3 Å². The van der Waals surface area contributed by atoms with Crippen molar-refractivity contribution in [2.24, 2.45) is 5.92 Å². The summed E-state index contributed by atoms with van der Waals surface area (Å²) >= 11 is 7.61. The molecular weight excluding hydrogens is 508 g/mol. The van der Waals surface area contributed by atoms with Crippen molar-refractivity contribution >= 4 is 56.6 Å². The number of aromatic nitrogens is 7. The fourth-order valence-corrected chi connectivity index (χ4v) is 5.50. The van der Waals surface area contributed by atoms with Gasteiger partial charge in [0.05, 0.1) is 37.8 Å². The fourth-order valence-electron chi connectivity index (χ4n) is 4.46. The molecule has 3 N–H and O–H groups in total. The molecule has 37 heavy (non-hydrogen) atoms. The molecule has 6 aromatic rings. The predicted molar refractivity (Wildman–Crippen MR) is 144 cm³/mol. The third-order valence-corrected chi connectivity index (χ3v) is 7.85. The van der Waals surface area contributed by atoms with Gasteiger partial charge in [0.25, 0.3) is 0 Å². The van der Waals surface area contributed by atoms with Gasteiger partial charge in [0.2, 0.25) is 5.91 Å². The van der Waals surface area contributed by atoms with Crippen LogP contribution in [0.5, 0.6) is 0 Å². The zero-order valence-electron chi connectivity index (χ0n) is 19.3. The number of H-pyrrole nitrogens is 2. The number of amides is 1. The Labute approximate surface area is 219 Å². The van der Waals surface area contributed by atoms with E-state index < -0.39 is 0 Å². The van der Waals surface area contributed by atoms with Crippen molar-refractivity contribution in [3.05, 3.63) is 59.3 Å². The molecule has 0 radical (unpaired) electrons. The SMILES string of the molecule is O=C(Nc1cncc(-c2ccc3[nH]nc(-c4nc5c(-c6ccc(Cl)s6)nccc5[nH]4)c3n2)c1)C1CCC1. The number of imidazole rings is 1. The van der Waals surface area contributed by atoms with Crippen LogP contribution >= 0.6 is 22.9 Å². The Morgan fingerprint density at radius 2 is 1.92 bits per heavy atom. The Bertz CT molecular complexity index is 1800. The van der Waals surface area contributed by atoms with E-state index in [0.717, 1.165) is 51.9 Å². The lowest BCUT2D eigenvalue weighted by Crippen LogP contribution is -2.28. The molecule has 0 bridgehead atoms. The summed E-state index contributed by atoms with van der Waals surface area (Å²) in [5.41, 5.74) is 6.58. The third kappa shape index (κ3) is 3.94. The lowest BCUT2D eigenvalue weighted by molar-refractivity contribution is -0.122. The monoisotopic (exact) mass is 526 g/mol. The lowest BCUT2D eigenvalue weighted by atomic mass is 9.85. The van der Waals surface area contributed by atoms with Crippen molar-refractivity contribution in [2.45, 2.75) is 19.3 Å². The second-order valence-electron chi connectivity index (χ2n) is 8.99. The van der Waals surface area contributed by atoms with E-state index in [4.69, 9.17) is 21.6 Å². The van der Waals surface area contributed by atoms with Crippen LogP contribution in [0.3, 0.4) is 0 Å². The van der Waals surface area contributed by atoms with Crippen molar-refractivity contribution < 1.29 is 4.79 Å². The fraction of sp³-hybridized carbons (Fsp3) is 0.154. The van der Waals surface area contributed by atoms with Crippen LogP contribution in [-0.2, 0) is 4.79 Å². The number of hydrogen-bond acceptors (Lipinski definition) is 7. The number of thiophene rings is 1. The standard InChI is InChI=1S/C26H19ClN8OS/c27-20-7-6-19(37-20)23-21-17(8-9-29-23)32-25(33-21)24-22-18(34-35-24)5-4-16(31-22)14-10-15(12-28-11-14)30-26(36)13-2-1-3-13/h4-13H,1-3H2,(H,30,36)(H,32,33)(H,34,35). The first kappa shape index (κ1) is 22.1. The van der Waals surface area contributed by atoms with Crippen LogP contribution in [0.25, 0.3) is 55.4 Å². The molecule has 0 spiro atoms. The highest BCUT2D eigenvalue weighted by Gasteiger charge is 2.25. The Hall–Kier alpha value is -4.15. The summed E-state index contributed by atoms with van der Waals surface area (Å²) in [6.45, 7) is 0. The molecule has 0 aliphatic heterocycles. The van der Waals surface area contributed by atoms with Gasteiger partial charge in [0.15, 0.2) is 11.5 Å². The van der Waals surface area contributed by atoms with Crippen LogP contribution in [0, 0.1) is 5.92 Å². The largest absolute Gasteiger partial charge is 0.336 e. The number of carbonyl (C=O) groups excluding carboxylic acids is 1. The molecular formula is C26H19ClN8OS. The molecule has 1 amide bonds. The first-order chi connectivity index (χ1) is 18.1. The molecule has 0 saturated heterocycles. The van der Waals surface area contributed by atoms with Crippen molar-refractivity contribution in [3.63, 3.8) is 0 Å². The molecule has 7 rings (SSSR count). The minimum absolute atomic E-state index is 0.0503. The summed E-state index contributed by atoms with van der Waals surface area (Å²) in [6.07, 6.45) is 8.14. The average molecular weight is 527 g/mol. The van der Waals surface area contributed by atoms with Gasteiger partial charge in [-0.15, -0.1) is 11.3 Å². The first-order valence-corrected chi connectivity index (χ1v) is 13.0. The Kier molecular flexibility index (Phi) is 5.22. The van der Waals surface area contributed by atoms with Crippen LogP contribution in [-0.4, -0.2) is 41.0 Å². The molecule has 1 aliphatic rings. The van der Waals surface area contributed by atoms with Crippen LogP contribution in [0.4, 0.5) is 5.69 Å². The van der Waals surface area contributed by atoms with Gasteiger partial charge in [-0.25, -0.2) is 9.97 Å². The second kappa shape index (κ2) is 8.75. The van der Waals surface area contributed by atoms with Crippen molar-refractivity contribution in [1.82, 2.24) is 35.1 Å². The first-order valence-electron chi connectivity index (χ1n) is 11.8. The molecule has 0 atom stereocenters. The number of anilines is 1. The molecule has 11 heteroatoms. The number of hydrogen-bond donors (Lipinski definition) is 3. The molecule has 0 aromatic carbocycles. The van der Waals surface area contributed by atoms with Gasteiger partial charge in [0.1, 0.15) is 16.7 Å². The summed E-state index contributed by atoms with van der Waals surface area (Å²) in [5.74, 6) is 0.736. The van der Waals surface area contributed by atoms with Crippen LogP contribution in [0.2, 0.25) is 4.34 Å². The van der Waals surface area contributed by atoms with E-state index in [-0.39, 0.29) is 11.8 Å². The number of fused-ring (bicyclic) bond motifs is 2. The quantitative estimate of drug-likeness (QED) is 0.250. The van der Waals surface area contributed by atoms with Gasteiger partial charge < -0.3 is 10.3 Å². The van der Waals surface area contributed by atoms with Crippen LogP contribution in [0.15, 0.2) is 55.0 Å². The molecule has 1 fully saturated rings. The van der Waals surface area contributed by atoms with Crippen molar-refractivity contribution in [1.29, 1.82) is 0 Å². The van der Waals surface area contributed by atoms with E-state index in [1.807, 2.05) is 36.4 Å². The number of nitrogens with one attached hydrogen (secondary N) is 3. The van der Waals surface area contributed by atoms with Gasteiger partial charge in [-0.05, 0) is 49.2 Å². The minimum atomic E-state index is 0.0503. The molecule has 0 unspecified atom stereocenters. The van der Waals surface area contributed by atoms with E-state index in [1.165, 1.54) is 11.3 Å². The number of rotatable bonds is 5. The number of nitrogens with zero attached hydrogens (tertiary/aromatic N) is 5. The maximum atomic E-state index is 12.4. The van der Waals surface area contributed by atoms with Crippen LogP contribution < -0.4 is 5.32 Å². The normalized spacial score (nSPS) is 13.8. The number of halogens is 1. The highest BCUT2D eigenvalue weighted by Crippen LogP contribution is 2.35. The van der Waals surface area contributed by atoms with E-state index in [9.17, 15) is 4.79 Å². The Morgan fingerprint density at radius 3 is 2.73 bits per heavy atom. The zero-order chi connectivity index (χ0) is 24.9. The zero-order valence-corrected chi connectivity index (χ0v) is 20.9. The summed E-state index contributed by atoms with van der Waals surface area (Å²) in [6, 6.07) is 11.4. The topological polar surface area (TPSA) is 125 Å². The maximum Gasteiger partial charge on any atom is 0.227 e. The molecule has 1 aliphatic carbocycles. The molecule has 6 heterocycles. The smallest absolute Gasteiger partial charge is 0.227 e. The average Bonchev–Trinajstić information content (AvgIpc) is 3.60. The van der Waals surface area contributed by atoms with E-state index in [2.05, 4.69) is 30.5 Å².